The standard InChI is InChI=1S/C15H19BrN2O3/c1-10-4-2-3-5-13(10)18-14(19)9-21-15(20)11-6-12(16)8-17-7-11/h6-8,10,13H,2-5,9H2,1H3,(H,18,19). The van der Waals surface area contributed by atoms with E-state index in [-0.39, 0.29) is 18.6 Å². The van der Waals surface area contributed by atoms with Crippen molar-refractivity contribution in [3.05, 3.63) is 28.5 Å². The van der Waals surface area contributed by atoms with Gasteiger partial charge < -0.3 is 10.1 Å². The Balaban J connectivity index is 1.79. The predicted octanol–water partition coefficient (Wildman–Crippen LogP) is 2.70. The van der Waals surface area contributed by atoms with E-state index in [0.717, 1.165) is 19.3 Å². The van der Waals surface area contributed by atoms with E-state index in [1.54, 1.807) is 12.3 Å². The average Bonchev–Trinajstić information content (AvgIpc) is 2.47. The number of carbonyl (C=O) groups excluding carboxylic acids is 2. The van der Waals surface area contributed by atoms with Crippen LogP contribution >= 0.6 is 15.9 Å². The summed E-state index contributed by atoms with van der Waals surface area (Å²) in [5.41, 5.74) is 0.322. The topological polar surface area (TPSA) is 68.3 Å². The van der Waals surface area contributed by atoms with Crippen LogP contribution < -0.4 is 5.32 Å². The van der Waals surface area contributed by atoms with Crippen molar-refractivity contribution in [2.45, 2.75) is 38.6 Å². The largest absolute Gasteiger partial charge is 0.452 e. The lowest BCUT2D eigenvalue weighted by Crippen LogP contribution is -2.42. The number of hydrogen-bond acceptors (Lipinski definition) is 4. The fraction of sp³-hybridized carbons (Fsp3) is 0.533. The van der Waals surface area contributed by atoms with E-state index in [0.29, 0.717) is 16.0 Å². The molecule has 0 radical (unpaired) electrons. The minimum absolute atomic E-state index is 0.192. The molecule has 0 bridgehead atoms. The number of pyridine rings is 1. The lowest BCUT2D eigenvalue weighted by Gasteiger charge is -2.29. The Morgan fingerprint density at radius 1 is 1.38 bits per heavy atom. The highest BCUT2D eigenvalue weighted by atomic mass is 79.9. The Hall–Kier alpha value is -1.43. The number of aromatic nitrogens is 1. The number of carbonyl (C=O) groups is 2. The SMILES string of the molecule is CC1CCCCC1NC(=O)COC(=O)c1cncc(Br)c1. The van der Waals surface area contributed by atoms with Crippen LogP contribution in [-0.4, -0.2) is 29.5 Å². The molecule has 1 aliphatic rings. The molecule has 0 spiro atoms. The second-order valence-corrected chi connectivity index (χ2v) is 6.32. The van der Waals surface area contributed by atoms with E-state index in [9.17, 15) is 9.59 Å². The monoisotopic (exact) mass is 354 g/mol. The average molecular weight is 355 g/mol. The Bertz CT molecular complexity index is 521. The number of rotatable bonds is 4. The van der Waals surface area contributed by atoms with E-state index >= 15 is 0 Å². The number of hydrogen-bond donors (Lipinski definition) is 1. The summed E-state index contributed by atoms with van der Waals surface area (Å²) in [6, 6.07) is 1.80. The van der Waals surface area contributed by atoms with Crippen LogP contribution in [0.4, 0.5) is 0 Å². The van der Waals surface area contributed by atoms with Crippen LogP contribution in [0.15, 0.2) is 22.9 Å². The van der Waals surface area contributed by atoms with E-state index in [1.807, 2.05) is 0 Å². The van der Waals surface area contributed by atoms with Gasteiger partial charge in [0.15, 0.2) is 6.61 Å². The van der Waals surface area contributed by atoms with Crippen molar-refractivity contribution >= 4 is 27.8 Å². The van der Waals surface area contributed by atoms with Gasteiger partial charge in [-0.1, -0.05) is 19.8 Å². The summed E-state index contributed by atoms with van der Waals surface area (Å²) in [5, 5.41) is 2.95. The van der Waals surface area contributed by atoms with Gasteiger partial charge in [0.25, 0.3) is 5.91 Å². The molecule has 0 aliphatic heterocycles. The maximum Gasteiger partial charge on any atom is 0.340 e. The van der Waals surface area contributed by atoms with Crippen molar-refractivity contribution in [2.24, 2.45) is 5.92 Å². The number of amides is 1. The first-order chi connectivity index (χ1) is 10.1. The van der Waals surface area contributed by atoms with Crippen molar-refractivity contribution in [2.75, 3.05) is 6.61 Å². The Kier molecular flexibility index (Phi) is 5.73. The second kappa shape index (κ2) is 7.54. The van der Waals surface area contributed by atoms with E-state index in [1.165, 1.54) is 12.6 Å². The molecule has 1 heterocycles. The number of ether oxygens (including phenoxy) is 1. The van der Waals surface area contributed by atoms with Gasteiger partial charge >= 0.3 is 5.97 Å². The molecule has 1 saturated carbocycles. The first-order valence-electron chi connectivity index (χ1n) is 7.13. The van der Waals surface area contributed by atoms with Crippen molar-refractivity contribution < 1.29 is 14.3 Å². The fourth-order valence-electron chi connectivity index (χ4n) is 2.52. The highest BCUT2D eigenvalue weighted by molar-refractivity contribution is 9.10. The molecule has 1 amide bonds. The lowest BCUT2D eigenvalue weighted by molar-refractivity contribution is -0.125. The Morgan fingerprint density at radius 2 is 2.14 bits per heavy atom. The van der Waals surface area contributed by atoms with E-state index in [4.69, 9.17) is 4.74 Å². The zero-order valence-electron chi connectivity index (χ0n) is 12.0. The van der Waals surface area contributed by atoms with Gasteiger partial charge in [-0.3, -0.25) is 9.78 Å². The van der Waals surface area contributed by atoms with Crippen molar-refractivity contribution in [3.8, 4) is 0 Å². The van der Waals surface area contributed by atoms with E-state index < -0.39 is 5.97 Å². The first kappa shape index (κ1) is 15.9. The number of esters is 1. The highest BCUT2D eigenvalue weighted by Crippen LogP contribution is 2.23. The van der Waals surface area contributed by atoms with Crippen LogP contribution in [0.5, 0.6) is 0 Å². The van der Waals surface area contributed by atoms with Gasteiger partial charge in [0.2, 0.25) is 0 Å². The fourth-order valence-corrected chi connectivity index (χ4v) is 2.88. The Morgan fingerprint density at radius 3 is 2.86 bits per heavy atom. The lowest BCUT2D eigenvalue weighted by atomic mass is 9.86. The molecule has 1 aliphatic carbocycles. The summed E-state index contributed by atoms with van der Waals surface area (Å²) >= 11 is 3.23. The molecule has 2 unspecified atom stereocenters. The summed E-state index contributed by atoms with van der Waals surface area (Å²) in [6.45, 7) is 1.89. The number of nitrogens with one attached hydrogen (secondary N) is 1. The third-order valence-corrected chi connectivity index (χ3v) is 4.17. The molecule has 1 N–H and O–H groups in total. The quantitative estimate of drug-likeness (QED) is 0.844. The zero-order chi connectivity index (χ0) is 15.2. The molecule has 1 fully saturated rings. The molecule has 114 valence electrons. The van der Waals surface area contributed by atoms with Crippen LogP contribution in [0.25, 0.3) is 0 Å². The van der Waals surface area contributed by atoms with Gasteiger partial charge in [0.05, 0.1) is 5.56 Å². The van der Waals surface area contributed by atoms with Crippen molar-refractivity contribution in [1.82, 2.24) is 10.3 Å². The van der Waals surface area contributed by atoms with Gasteiger partial charge in [-0.25, -0.2) is 4.79 Å². The molecule has 0 saturated heterocycles. The van der Waals surface area contributed by atoms with Gasteiger partial charge in [0.1, 0.15) is 0 Å². The molecule has 6 heteroatoms. The van der Waals surface area contributed by atoms with Crippen LogP contribution in [0.1, 0.15) is 43.0 Å². The van der Waals surface area contributed by atoms with Crippen LogP contribution in [0.2, 0.25) is 0 Å². The molecule has 1 aromatic heterocycles. The van der Waals surface area contributed by atoms with Gasteiger partial charge in [-0.15, -0.1) is 0 Å². The zero-order valence-corrected chi connectivity index (χ0v) is 13.6. The van der Waals surface area contributed by atoms with Crippen LogP contribution in [-0.2, 0) is 9.53 Å². The molecular weight excluding hydrogens is 336 g/mol. The Labute approximate surface area is 132 Å². The summed E-state index contributed by atoms with van der Waals surface area (Å²) in [6.07, 6.45) is 7.48. The molecule has 2 rings (SSSR count). The highest BCUT2D eigenvalue weighted by Gasteiger charge is 2.23. The summed E-state index contributed by atoms with van der Waals surface area (Å²) in [5.74, 6) is -0.312. The second-order valence-electron chi connectivity index (χ2n) is 5.40. The van der Waals surface area contributed by atoms with E-state index in [2.05, 4.69) is 33.2 Å². The molecule has 21 heavy (non-hydrogen) atoms. The van der Waals surface area contributed by atoms with Crippen LogP contribution in [0.3, 0.4) is 0 Å². The maximum atomic E-state index is 11.8. The van der Waals surface area contributed by atoms with Gasteiger partial charge in [0, 0.05) is 22.9 Å². The first-order valence-corrected chi connectivity index (χ1v) is 7.92. The minimum Gasteiger partial charge on any atom is -0.452 e. The van der Waals surface area contributed by atoms with Gasteiger partial charge in [-0.2, -0.15) is 0 Å². The summed E-state index contributed by atoms with van der Waals surface area (Å²) in [7, 11) is 0. The third kappa shape index (κ3) is 4.81. The number of nitrogens with zero attached hydrogens (tertiary/aromatic N) is 1. The molecular formula is C15H19BrN2O3. The molecule has 5 nitrogen and oxygen atoms in total. The normalized spacial score (nSPS) is 21.6. The smallest absolute Gasteiger partial charge is 0.340 e. The van der Waals surface area contributed by atoms with Crippen molar-refractivity contribution in [1.29, 1.82) is 0 Å². The summed E-state index contributed by atoms with van der Waals surface area (Å²) < 4.78 is 5.70. The maximum absolute atomic E-state index is 11.8. The molecule has 2 atom stereocenters. The molecule has 1 aromatic rings. The predicted molar refractivity (Wildman–Crippen MR) is 81.8 cm³/mol. The number of halogens is 1. The summed E-state index contributed by atoms with van der Waals surface area (Å²) in [4.78, 5) is 27.5. The van der Waals surface area contributed by atoms with Gasteiger partial charge in [-0.05, 0) is 40.8 Å². The molecule has 0 aromatic carbocycles. The third-order valence-electron chi connectivity index (χ3n) is 3.73. The minimum atomic E-state index is -0.546. The van der Waals surface area contributed by atoms with Crippen LogP contribution in [0, 0.1) is 5.92 Å². The van der Waals surface area contributed by atoms with Crippen molar-refractivity contribution in [3.63, 3.8) is 0 Å².